The van der Waals surface area contributed by atoms with Crippen molar-refractivity contribution in [3.05, 3.63) is 41.7 Å². The molecule has 22 heavy (non-hydrogen) atoms. The minimum absolute atomic E-state index is 0.0577. The van der Waals surface area contributed by atoms with Crippen LogP contribution in [0.5, 0.6) is 0 Å². The number of aryl methyl sites for hydroxylation is 1. The van der Waals surface area contributed by atoms with Gasteiger partial charge in [-0.3, -0.25) is 9.36 Å². The maximum absolute atomic E-state index is 12.0. The second kappa shape index (κ2) is 7.49. The molecule has 0 saturated heterocycles. The fraction of sp³-hybridized carbons (Fsp3) is 0.412. The van der Waals surface area contributed by atoms with Crippen LogP contribution in [0.25, 0.3) is 5.69 Å². The van der Waals surface area contributed by atoms with Crippen LogP contribution in [0.3, 0.4) is 0 Å². The maximum atomic E-state index is 12.0. The Morgan fingerprint density at radius 1 is 1.41 bits per heavy atom. The van der Waals surface area contributed by atoms with Gasteiger partial charge in [-0.25, -0.2) is 4.98 Å². The molecule has 1 aromatic carbocycles. The summed E-state index contributed by atoms with van der Waals surface area (Å²) in [5.74, 6) is 0.0577. The van der Waals surface area contributed by atoms with Gasteiger partial charge in [-0.2, -0.15) is 0 Å². The highest BCUT2D eigenvalue weighted by molar-refractivity contribution is 8.00. The fourth-order valence-electron chi connectivity index (χ4n) is 2.16. The molecule has 0 unspecified atom stereocenters. The summed E-state index contributed by atoms with van der Waals surface area (Å²) in [6, 6.07) is 6.22. The zero-order valence-electron chi connectivity index (χ0n) is 13.6. The lowest BCUT2D eigenvalue weighted by atomic mass is 10.1. The first-order valence-corrected chi connectivity index (χ1v) is 8.46. The first-order valence-electron chi connectivity index (χ1n) is 7.59. The van der Waals surface area contributed by atoms with Crippen LogP contribution >= 0.6 is 11.8 Å². The Hall–Kier alpha value is -1.75. The Balaban J connectivity index is 2.20. The third-order valence-electron chi connectivity index (χ3n) is 3.64. The van der Waals surface area contributed by atoms with E-state index in [1.165, 1.54) is 22.9 Å². The van der Waals surface area contributed by atoms with Crippen molar-refractivity contribution in [3.63, 3.8) is 0 Å². The molecule has 1 atom stereocenters. The number of hydrogen-bond donors (Lipinski definition) is 1. The molecule has 1 amide bonds. The van der Waals surface area contributed by atoms with Gasteiger partial charge in [-0.15, -0.1) is 0 Å². The molecular weight excluding hydrogens is 294 g/mol. The Kier molecular flexibility index (Phi) is 5.66. The minimum atomic E-state index is -0.169. The number of thioether (sulfide) groups is 1. The number of imidazole rings is 1. The molecule has 4 nitrogen and oxygen atoms in total. The van der Waals surface area contributed by atoms with E-state index in [0.717, 1.165) is 23.8 Å². The third-order valence-corrected chi connectivity index (χ3v) is 4.72. The summed E-state index contributed by atoms with van der Waals surface area (Å²) >= 11 is 1.48. The molecule has 0 radical (unpaired) electrons. The van der Waals surface area contributed by atoms with Crippen molar-refractivity contribution in [2.45, 2.75) is 44.5 Å². The average Bonchev–Trinajstić information content (AvgIpc) is 2.95. The van der Waals surface area contributed by atoms with E-state index in [9.17, 15) is 4.79 Å². The van der Waals surface area contributed by atoms with E-state index >= 15 is 0 Å². The number of nitrogens with zero attached hydrogens (tertiary/aromatic N) is 2. The van der Waals surface area contributed by atoms with Gasteiger partial charge in [-0.05, 0) is 44.4 Å². The van der Waals surface area contributed by atoms with Gasteiger partial charge in [-0.1, -0.05) is 30.8 Å². The van der Waals surface area contributed by atoms with Crippen molar-refractivity contribution in [1.82, 2.24) is 14.9 Å². The Labute approximate surface area is 136 Å². The van der Waals surface area contributed by atoms with Crippen molar-refractivity contribution in [2.75, 3.05) is 6.54 Å². The smallest absolute Gasteiger partial charge is 0.233 e. The standard InChI is InChI=1S/C17H23N3OS/c1-5-9-18-16(21)14(4)22-17-19-10-11-20(17)15-8-6-7-12(2)13(15)3/h6-8,10-11,14H,5,9H2,1-4H3,(H,18,21)/t14-/m1/s1. The van der Waals surface area contributed by atoms with E-state index in [0.29, 0.717) is 0 Å². The predicted molar refractivity (Wildman–Crippen MR) is 91.7 cm³/mol. The lowest BCUT2D eigenvalue weighted by Gasteiger charge is -2.15. The number of benzene rings is 1. The van der Waals surface area contributed by atoms with Gasteiger partial charge in [0.1, 0.15) is 0 Å². The molecule has 2 rings (SSSR count). The van der Waals surface area contributed by atoms with Crippen LogP contribution in [0.1, 0.15) is 31.4 Å². The summed E-state index contributed by atoms with van der Waals surface area (Å²) < 4.78 is 2.05. The molecule has 118 valence electrons. The number of hydrogen-bond acceptors (Lipinski definition) is 3. The van der Waals surface area contributed by atoms with Gasteiger partial charge < -0.3 is 5.32 Å². The second-order valence-corrected chi connectivity index (χ2v) is 6.66. The van der Waals surface area contributed by atoms with E-state index in [1.807, 2.05) is 26.1 Å². The molecule has 0 aliphatic heterocycles. The molecule has 1 N–H and O–H groups in total. The van der Waals surface area contributed by atoms with Crippen LogP contribution < -0.4 is 5.32 Å². The Bertz CT molecular complexity index is 651. The molecule has 1 aromatic heterocycles. The van der Waals surface area contributed by atoms with Gasteiger partial charge >= 0.3 is 0 Å². The van der Waals surface area contributed by atoms with Crippen LogP contribution in [0.4, 0.5) is 0 Å². The summed E-state index contributed by atoms with van der Waals surface area (Å²) in [5, 5.41) is 3.60. The summed E-state index contributed by atoms with van der Waals surface area (Å²) in [6.07, 6.45) is 4.67. The molecule has 2 aromatic rings. The van der Waals surface area contributed by atoms with E-state index in [4.69, 9.17) is 0 Å². The van der Waals surface area contributed by atoms with Crippen LogP contribution in [0, 0.1) is 13.8 Å². The van der Waals surface area contributed by atoms with Crippen molar-refractivity contribution in [3.8, 4) is 5.69 Å². The Morgan fingerprint density at radius 2 is 2.18 bits per heavy atom. The largest absolute Gasteiger partial charge is 0.355 e. The molecule has 0 fully saturated rings. The van der Waals surface area contributed by atoms with Crippen LogP contribution in [0.2, 0.25) is 0 Å². The number of nitrogens with one attached hydrogen (secondary N) is 1. The number of carbonyl (C=O) groups is 1. The zero-order valence-corrected chi connectivity index (χ0v) is 14.4. The van der Waals surface area contributed by atoms with E-state index in [1.54, 1.807) is 6.20 Å². The zero-order chi connectivity index (χ0) is 16.1. The summed E-state index contributed by atoms with van der Waals surface area (Å²) in [4.78, 5) is 16.4. The van der Waals surface area contributed by atoms with Gasteiger partial charge in [0.25, 0.3) is 0 Å². The highest BCUT2D eigenvalue weighted by Gasteiger charge is 2.17. The summed E-state index contributed by atoms with van der Waals surface area (Å²) in [7, 11) is 0. The summed E-state index contributed by atoms with van der Waals surface area (Å²) in [6.45, 7) is 8.89. The number of carbonyl (C=O) groups excluding carboxylic acids is 1. The molecule has 0 aliphatic carbocycles. The lowest BCUT2D eigenvalue weighted by Crippen LogP contribution is -2.31. The van der Waals surface area contributed by atoms with Gasteiger partial charge in [0, 0.05) is 18.9 Å². The normalized spacial score (nSPS) is 12.2. The van der Waals surface area contributed by atoms with E-state index in [-0.39, 0.29) is 11.2 Å². The lowest BCUT2D eigenvalue weighted by molar-refractivity contribution is -0.120. The van der Waals surface area contributed by atoms with E-state index in [2.05, 4.69) is 40.8 Å². The monoisotopic (exact) mass is 317 g/mol. The molecule has 0 bridgehead atoms. The SMILES string of the molecule is CCCNC(=O)[C@@H](C)Sc1nccn1-c1cccc(C)c1C. The first-order chi connectivity index (χ1) is 10.5. The van der Waals surface area contributed by atoms with Crippen molar-refractivity contribution >= 4 is 17.7 Å². The fourth-order valence-corrected chi connectivity index (χ4v) is 3.06. The van der Waals surface area contributed by atoms with Gasteiger partial charge in [0.05, 0.1) is 10.9 Å². The van der Waals surface area contributed by atoms with Gasteiger partial charge in [0.2, 0.25) is 5.91 Å². The number of amides is 1. The Morgan fingerprint density at radius 3 is 2.91 bits per heavy atom. The number of aromatic nitrogens is 2. The molecule has 5 heteroatoms. The molecule has 0 spiro atoms. The molecule has 0 saturated carbocycles. The van der Waals surface area contributed by atoms with Gasteiger partial charge in [0.15, 0.2) is 5.16 Å². The van der Waals surface area contributed by atoms with Crippen molar-refractivity contribution < 1.29 is 4.79 Å². The molecule has 1 heterocycles. The maximum Gasteiger partial charge on any atom is 0.233 e. The second-order valence-electron chi connectivity index (χ2n) is 5.35. The predicted octanol–water partition coefficient (Wildman–Crippen LogP) is 3.50. The highest BCUT2D eigenvalue weighted by atomic mass is 32.2. The third kappa shape index (κ3) is 3.71. The minimum Gasteiger partial charge on any atom is -0.355 e. The highest BCUT2D eigenvalue weighted by Crippen LogP contribution is 2.27. The molecular formula is C17H23N3OS. The number of rotatable bonds is 6. The summed E-state index contributed by atoms with van der Waals surface area (Å²) in [5.41, 5.74) is 3.59. The van der Waals surface area contributed by atoms with Crippen LogP contribution in [0.15, 0.2) is 35.7 Å². The molecule has 0 aliphatic rings. The quantitative estimate of drug-likeness (QED) is 0.830. The van der Waals surface area contributed by atoms with Crippen LogP contribution in [-0.4, -0.2) is 27.3 Å². The average molecular weight is 317 g/mol. The van der Waals surface area contributed by atoms with Crippen molar-refractivity contribution in [1.29, 1.82) is 0 Å². The first kappa shape index (κ1) is 16.6. The van der Waals surface area contributed by atoms with E-state index < -0.39 is 0 Å². The van der Waals surface area contributed by atoms with Crippen LogP contribution in [-0.2, 0) is 4.79 Å². The topological polar surface area (TPSA) is 46.9 Å². The van der Waals surface area contributed by atoms with Crippen molar-refractivity contribution in [2.24, 2.45) is 0 Å².